The number of carbonyl (C=O) groups is 1. The monoisotopic (exact) mass is 213 g/mol. The summed E-state index contributed by atoms with van der Waals surface area (Å²) in [5.74, 6) is 0.300. The smallest absolute Gasteiger partial charge is 0.317 e. The Kier molecular flexibility index (Phi) is 3.90. The molecular weight excluding hydrogens is 198 g/mol. The first-order valence-electron chi connectivity index (χ1n) is 4.67. The fourth-order valence-electron chi connectivity index (χ4n) is 0.842. The topological polar surface area (TPSA) is 106 Å². The van der Waals surface area contributed by atoms with Gasteiger partial charge in [-0.05, 0) is 5.92 Å². The normalized spacial score (nSPS) is 10.3. The highest BCUT2D eigenvalue weighted by Gasteiger charge is 2.05. The second-order valence-electron chi connectivity index (χ2n) is 3.50. The molecule has 1 aromatic heterocycles. The first-order valence-corrected chi connectivity index (χ1v) is 4.67. The summed E-state index contributed by atoms with van der Waals surface area (Å²) in [4.78, 5) is 11.2. The Morgan fingerprint density at radius 1 is 1.53 bits per heavy atom. The van der Waals surface area contributed by atoms with Gasteiger partial charge in [0.1, 0.15) is 0 Å². The van der Waals surface area contributed by atoms with Crippen molar-refractivity contribution in [1.82, 2.24) is 15.5 Å². The van der Waals surface area contributed by atoms with E-state index in [9.17, 15) is 4.79 Å². The van der Waals surface area contributed by atoms with Gasteiger partial charge in [-0.1, -0.05) is 24.0 Å². The van der Waals surface area contributed by atoms with Gasteiger partial charge in [0, 0.05) is 6.54 Å². The lowest BCUT2D eigenvalue weighted by Crippen LogP contribution is -2.32. The quantitative estimate of drug-likeness (QED) is 0.627. The van der Waals surface area contributed by atoms with Crippen LogP contribution in [0.5, 0.6) is 0 Å². The molecule has 0 spiro atoms. The molecule has 0 unspecified atom stereocenters. The highest BCUT2D eigenvalue weighted by molar-refractivity contribution is 5.80. The summed E-state index contributed by atoms with van der Waals surface area (Å²) in [6.07, 6.45) is 0. The standard InChI is InChI=1S/C8H15N5O2/c1-5(2)3-10-6(14)4-11-8-13-12-7(9)15-8/h5H,3-4H2,1-2H3,(H2,9,12)(H,10,14)(H,11,13). The fraction of sp³-hybridized carbons (Fsp3) is 0.625. The summed E-state index contributed by atoms with van der Waals surface area (Å²) in [7, 11) is 0. The number of rotatable bonds is 5. The molecule has 7 nitrogen and oxygen atoms in total. The Labute approximate surface area is 87.4 Å². The van der Waals surface area contributed by atoms with E-state index in [0.717, 1.165) is 0 Å². The number of nitrogens with zero attached hydrogens (tertiary/aromatic N) is 2. The van der Waals surface area contributed by atoms with Crippen LogP contribution in [-0.2, 0) is 4.79 Å². The lowest BCUT2D eigenvalue weighted by Gasteiger charge is -2.06. The van der Waals surface area contributed by atoms with Gasteiger partial charge in [-0.2, -0.15) is 0 Å². The fourth-order valence-corrected chi connectivity index (χ4v) is 0.842. The van der Waals surface area contributed by atoms with Crippen molar-refractivity contribution in [3.63, 3.8) is 0 Å². The molecule has 1 aromatic rings. The number of nitrogens with one attached hydrogen (secondary N) is 2. The Morgan fingerprint density at radius 2 is 2.27 bits per heavy atom. The number of anilines is 2. The molecule has 4 N–H and O–H groups in total. The number of nitrogen functional groups attached to an aromatic ring is 1. The SMILES string of the molecule is CC(C)CNC(=O)CNc1nnc(N)o1. The molecule has 1 amide bonds. The minimum atomic E-state index is -0.125. The third-order valence-electron chi connectivity index (χ3n) is 1.55. The molecule has 0 aliphatic carbocycles. The van der Waals surface area contributed by atoms with Crippen LogP contribution in [0.3, 0.4) is 0 Å². The maximum Gasteiger partial charge on any atom is 0.317 e. The lowest BCUT2D eigenvalue weighted by molar-refractivity contribution is -0.119. The third kappa shape index (κ3) is 4.30. The van der Waals surface area contributed by atoms with Crippen LogP contribution >= 0.6 is 0 Å². The predicted octanol–water partition coefficient (Wildman–Crippen LogP) is -0.164. The van der Waals surface area contributed by atoms with Crippen LogP contribution < -0.4 is 16.4 Å². The summed E-state index contributed by atoms with van der Waals surface area (Å²) < 4.78 is 4.82. The van der Waals surface area contributed by atoms with Crippen LogP contribution in [-0.4, -0.2) is 29.2 Å². The highest BCUT2D eigenvalue weighted by atomic mass is 16.4. The summed E-state index contributed by atoms with van der Waals surface area (Å²) >= 11 is 0. The van der Waals surface area contributed by atoms with Crippen molar-refractivity contribution in [2.75, 3.05) is 24.1 Å². The largest absolute Gasteiger partial charge is 0.390 e. The minimum absolute atomic E-state index is 0.0277. The van der Waals surface area contributed by atoms with E-state index in [0.29, 0.717) is 12.5 Å². The van der Waals surface area contributed by atoms with Crippen LogP contribution in [0.4, 0.5) is 12.0 Å². The molecule has 0 aliphatic rings. The van der Waals surface area contributed by atoms with Gasteiger partial charge in [0.25, 0.3) is 0 Å². The summed E-state index contributed by atoms with van der Waals surface area (Å²) in [6, 6.07) is 0.118. The predicted molar refractivity (Wildman–Crippen MR) is 55.0 cm³/mol. The van der Waals surface area contributed by atoms with Crippen LogP contribution in [0.1, 0.15) is 13.8 Å². The van der Waals surface area contributed by atoms with E-state index >= 15 is 0 Å². The second kappa shape index (κ2) is 5.18. The average molecular weight is 213 g/mol. The zero-order valence-corrected chi connectivity index (χ0v) is 8.78. The Hall–Kier alpha value is -1.79. The maximum atomic E-state index is 11.2. The molecule has 0 saturated heterocycles. The Morgan fingerprint density at radius 3 is 2.80 bits per heavy atom. The molecule has 0 bridgehead atoms. The van der Waals surface area contributed by atoms with Gasteiger partial charge >= 0.3 is 12.0 Å². The molecule has 0 radical (unpaired) electrons. The molecule has 1 heterocycles. The zero-order chi connectivity index (χ0) is 11.3. The van der Waals surface area contributed by atoms with Gasteiger partial charge in [0.15, 0.2) is 0 Å². The number of nitrogens with two attached hydrogens (primary N) is 1. The zero-order valence-electron chi connectivity index (χ0n) is 8.78. The first-order chi connectivity index (χ1) is 7.08. The van der Waals surface area contributed by atoms with E-state index in [1.54, 1.807) is 0 Å². The van der Waals surface area contributed by atoms with E-state index in [1.165, 1.54) is 0 Å². The molecule has 0 fully saturated rings. The van der Waals surface area contributed by atoms with Gasteiger partial charge < -0.3 is 20.8 Å². The number of amides is 1. The van der Waals surface area contributed by atoms with Crippen molar-refractivity contribution in [2.45, 2.75) is 13.8 Å². The maximum absolute atomic E-state index is 11.2. The van der Waals surface area contributed by atoms with Gasteiger partial charge in [0.2, 0.25) is 5.91 Å². The number of aromatic nitrogens is 2. The van der Waals surface area contributed by atoms with E-state index < -0.39 is 0 Å². The summed E-state index contributed by atoms with van der Waals surface area (Å²) in [6.45, 7) is 4.78. The van der Waals surface area contributed by atoms with E-state index in [4.69, 9.17) is 10.2 Å². The molecule has 0 aliphatic heterocycles. The van der Waals surface area contributed by atoms with Gasteiger partial charge in [-0.3, -0.25) is 4.79 Å². The highest BCUT2D eigenvalue weighted by Crippen LogP contribution is 2.04. The van der Waals surface area contributed by atoms with Crippen molar-refractivity contribution in [3.8, 4) is 0 Å². The lowest BCUT2D eigenvalue weighted by atomic mass is 10.2. The van der Waals surface area contributed by atoms with Gasteiger partial charge in [-0.15, -0.1) is 0 Å². The van der Waals surface area contributed by atoms with E-state index in [1.807, 2.05) is 13.8 Å². The molecule has 15 heavy (non-hydrogen) atoms. The molecule has 7 heteroatoms. The number of hydrogen-bond donors (Lipinski definition) is 3. The van der Waals surface area contributed by atoms with E-state index in [2.05, 4.69) is 20.8 Å². The van der Waals surface area contributed by atoms with Crippen molar-refractivity contribution < 1.29 is 9.21 Å². The van der Waals surface area contributed by atoms with Crippen molar-refractivity contribution >= 4 is 17.9 Å². The molecular formula is C8H15N5O2. The van der Waals surface area contributed by atoms with Crippen molar-refractivity contribution in [3.05, 3.63) is 0 Å². The molecule has 0 aromatic carbocycles. The van der Waals surface area contributed by atoms with Crippen LogP contribution in [0, 0.1) is 5.92 Å². The van der Waals surface area contributed by atoms with E-state index in [-0.39, 0.29) is 24.5 Å². The first kappa shape index (κ1) is 11.3. The van der Waals surface area contributed by atoms with Crippen molar-refractivity contribution in [2.24, 2.45) is 5.92 Å². The third-order valence-corrected chi connectivity index (χ3v) is 1.55. The molecule has 0 saturated carbocycles. The van der Waals surface area contributed by atoms with Crippen LogP contribution in [0.25, 0.3) is 0 Å². The summed E-state index contributed by atoms with van der Waals surface area (Å²) in [5.41, 5.74) is 5.20. The van der Waals surface area contributed by atoms with Gasteiger partial charge in [-0.25, -0.2) is 0 Å². The van der Waals surface area contributed by atoms with Crippen molar-refractivity contribution in [1.29, 1.82) is 0 Å². The molecule has 1 rings (SSSR count). The van der Waals surface area contributed by atoms with Gasteiger partial charge in [0.05, 0.1) is 6.54 Å². The molecule has 84 valence electrons. The Balaban J connectivity index is 2.22. The summed E-state index contributed by atoms with van der Waals surface area (Å²) in [5, 5.41) is 12.4. The Bertz CT molecular complexity index is 323. The number of carbonyl (C=O) groups excluding carboxylic acids is 1. The van der Waals surface area contributed by atoms with Crippen LogP contribution in [0.15, 0.2) is 4.42 Å². The molecule has 0 atom stereocenters. The second-order valence-corrected chi connectivity index (χ2v) is 3.50. The van der Waals surface area contributed by atoms with Crippen LogP contribution in [0.2, 0.25) is 0 Å². The average Bonchev–Trinajstić information content (AvgIpc) is 2.58. The number of hydrogen-bond acceptors (Lipinski definition) is 6. The minimum Gasteiger partial charge on any atom is -0.390 e.